The van der Waals surface area contributed by atoms with Crippen LogP contribution in [0.15, 0.2) is 18.7 Å². The van der Waals surface area contributed by atoms with Gasteiger partial charge in [0.15, 0.2) is 0 Å². The van der Waals surface area contributed by atoms with Gasteiger partial charge in [-0.1, -0.05) is 32.1 Å². The van der Waals surface area contributed by atoms with Crippen molar-refractivity contribution in [2.45, 2.75) is 57.5 Å². The molecule has 1 N–H and O–H groups in total. The molecule has 16 heavy (non-hydrogen) atoms. The Morgan fingerprint density at radius 1 is 1.00 bits per heavy atom. The second-order valence-corrected chi connectivity index (χ2v) is 4.67. The van der Waals surface area contributed by atoms with E-state index in [-0.39, 0.29) is 0 Å². The van der Waals surface area contributed by atoms with Crippen LogP contribution in [0.4, 0.5) is 0 Å². The lowest BCUT2D eigenvalue weighted by Gasteiger charge is -2.20. The highest BCUT2D eigenvalue weighted by Crippen LogP contribution is 2.17. The van der Waals surface area contributed by atoms with E-state index in [0.717, 1.165) is 6.54 Å². The van der Waals surface area contributed by atoms with Crippen LogP contribution < -0.4 is 5.32 Å². The molecule has 0 saturated heterocycles. The van der Waals surface area contributed by atoms with Gasteiger partial charge in [0, 0.05) is 30.5 Å². The van der Waals surface area contributed by atoms with Crippen LogP contribution >= 0.6 is 0 Å². The Labute approximate surface area is 97.7 Å². The number of hydrogen-bond donors (Lipinski definition) is 1. The van der Waals surface area contributed by atoms with Crippen LogP contribution in [0.25, 0.3) is 0 Å². The Hall–Kier alpha value is -0.960. The smallest absolute Gasteiger partial charge is 0.115 e. The molecule has 1 fully saturated rings. The van der Waals surface area contributed by atoms with Crippen molar-refractivity contribution in [1.82, 2.24) is 15.3 Å². The number of hydrogen-bond acceptors (Lipinski definition) is 3. The topological polar surface area (TPSA) is 37.8 Å². The van der Waals surface area contributed by atoms with Gasteiger partial charge < -0.3 is 5.32 Å². The zero-order valence-electron chi connectivity index (χ0n) is 9.86. The maximum absolute atomic E-state index is 4.03. The van der Waals surface area contributed by atoms with Crippen molar-refractivity contribution in [2.24, 2.45) is 0 Å². The largest absolute Gasteiger partial charge is 0.310 e. The van der Waals surface area contributed by atoms with Gasteiger partial charge >= 0.3 is 0 Å². The number of nitrogens with one attached hydrogen (secondary N) is 1. The predicted molar refractivity (Wildman–Crippen MR) is 65.0 cm³/mol. The predicted octanol–water partition coefficient (Wildman–Crippen LogP) is 2.68. The second-order valence-electron chi connectivity index (χ2n) is 4.67. The van der Waals surface area contributed by atoms with Crippen LogP contribution in [-0.4, -0.2) is 16.0 Å². The van der Waals surface area contributed by atoms with Crippen LogP contribution in [0.3, 0.4) is 0 Å². The zero-order valence-corrected chi connectivity index (χ0v) is 9.86. The average Bonchev–Trinajstić information content (AvgIpc) is 2.29. The highest BCUT2D eigenvalue weighted by molar-refractivity contribution is 5.01. The Kier molecular flexibility index (Phi) is 4.74. The van der Waals surface area contributed by atoms with E-state index in [1.165, 1.54) is 50.5 Å². The van der Waals surface area contributed by atoms with Gasteiger partial charge in [0.2, 0.25) is 0 Å². The molecule has 0 atom stereocenters. The molecule has 3 nitrogen and oxygen atoms in total. The number of rotatable bonds is 3. The summed E-state index contributed by atoms with van der Waals surface area (Å²) in [6.07, 6.45) is 15.0. The van der Waals surface area contributed by atoms with Gasteiger partial charge in [0.05, 0.1) is 0 Å². The van der Waals surface area contributed by atoms with Crippen LogP contribution in [-0.2, 0) is 6.54 Å². The van der Waals surface area contributed by atoms with Crippen LogP contribution in [0.2, 0.25) is 0 Å². The molecular weight excluding hydrogens is 198 g/mol. The van der Waals surface area contributed by atoms with Crippen molar-refractivity contribution >= 4 is 0 Å². The lowest BCUT2D eigenvalue weighted by molar-refractivity contribution is 0.388. The van der Waals surface area contributed by atoms with Gasteiger partial charge in [-0.05, 0) is 12.8 Å². The third-order valence-corrected chi connectivity index (χ3v) is 3.31. The summed E-state index contributed by atoms with van der Waals surface area (Å²) >= 11 is 0. The summed E-state index contributed by atoms with van der Waals surface area (Å²) in [5.74, 6) is 0. The zero-order chi connectivity index (χ0) is 11.1. The summed E-state index contributed by atoms with van der Waals surface area (Å²) in [4.78, 5) is 8.06. The van der Waals surface area contributed by atoms with Gasteiger partial charge in [-0.3, -0.25) is 0 Å². The third-order valence-electron chi connectivity index (χ3n) is 3.31. The molecular formula is C13H21N3. The van der Waals surface area contributed by atoms with Gasteiger partial charge in [-0.2, -0.15) is 0 Å². The van der Waals surface area contributed by atoms with Crippen molar-refractivity contribution in [3.05, 3.63) is 24.3 Å². The molecule has 1 aromatic heterocycles. The summed E-state index contributed by atoms with van der Waals surface area (Å²) in [5, 5.41) is 3.63. The molecule has 0 spiro atoms. The van der Waals surface area contributed by atoms with Crippen molar-refractivity contribution in [3.63, 3.8) is 0 Å². The quantitative estimate of drug-likeness (QED) is 0.849. The molecule has 0 amide bonds. The van der Waals surface area contributed by atoms with Crippen molar-refractivity contribution in [1.29, 1.82) is 0 Å². The monoisotopic (exact) mass is 219 g/mol. The lowest BCUT2D eigenvalue weighted by Crippen LogP contribution is -2.29. The summed E-state index contributed by atoms with van der Waals surface area (Å²) in [5.41, 5.74) is 1.18. The highest BCUT2D eigenvalue weighted by atomic mass is 14.9. The van der Waals surface area contributed by atoms with E-state index in [4.69, 9.17) is 0 Å². The molecule has 0 aromatic carbocycles. The summed E-state index contributed by atoms with van der Waals surface area (Å²) < 4.78 is 0. The van der Waals surface area contributed by atoms with E-state index in [1.54, 1.807) is 6.33 Å². The number of aromatic nitrogens is 2. The molecule has 1 heterocycles. The minimum atomic E-state index is 0.695. The Morgan fingerprint density at radius 3 is 2.31 bits per heavy atom. The fraction of sp³-hybridized carbons (Fsp3) is 0.692. The first-order valence-corrected chi connectivity index (χ1v) is 6.42. The fourth-order valence-corrected chi connectivity index (χ4v) is 2.34. The van der Waals surface area contributed by atoms with E-state index < -0.39 is 0 Å². The Balaban J connectivity index is 1.75. The molecule has 88 valence electrons. The van der Waals surface area contributed by atoms with Crippen LogP contribution in [0.1, 0.15) is 50.5 Å². The van der Waals surface area contributed by atoms with Crippen LogP contribution in [0, 0.1) is 0 Å². The lowest BCUT2D eigenvalue weighted by atomic mass is 9.96. The first kappa shape index (κ1) is 11.5. The normalized spacial score (nSPS) is 19.0. The Bertz CT molecular complexity index is 278. The summed E-state index contributed by atoms with van der Waals surface area (Å²) in [7, 11) is 0. The SMILES string of the molecule is c1ncc(CNC2CCCCCCC2)cn1. The maximum atomic E-state index is 4.03. The van der Waals surface area contributed by atoms with Gasteiger partial charge in [0.1, 0.15) is 6.33 Å². The molecule has 3 heteroatoms. The molecule has 1 saturated carbocycles. The molecule has 0 radical (unpaired) electrons. The summed E-state index contributed by atoms with van der Waals surface area (Å²) in [6.45, 7) is 0.908. The van der Waals surface area contributed by atoms with E-state index in [1.807, 2.05) is 12.4 Å². The van der Waals surface area contributed by atoms with E-state index in [0.29, 0.717) is 6.04 Å². The fourth-order valence-electron chi connectivity index (χ4n) is 2.34. The van der Waals surface area contributed by atoms with Gasteiger partial charge in [0.25, 0.3) is 0 Å². The van der Waals surface area contributed by atoms with E-state index in [9.17, 15) is 0 Å². The van der Waals surface area contributed by atoms with E-state index in [2.05, 4.69) is 15.3 Å². The molecule has 2 rings (SSSR count). The first-order valence-electron chi connectivity index (χ1n) is 6.42. The maximum Gasteiger partial charge on any atom is 0.115 e. The van der Waals surface area contributed by atoms with Gasteiger partial charge in [-0.25, -0.2) is 9.97 Å². The second kappa shape index (κ2) is 6.59. The molecule has 0 unspecified atom stereocenters. The van der Waals surface area contributed by atoms with E-state index >= 15 is 0 Å². The summed E-state index contributed by atoms with van der Waals surface area (Å²) in [6, 6.07) is 0.695. The highest BCUT2D eigenvalue weighted by Gasteiger charge is 2.10. The first-order chi connectivity index (χ1) is 7.95. The molecule has 0 aliphatic heterocycles. The molecule has 0 bridgehead atoms. The third kappa shape index (κ3) is 3.89. The Morgan fingerprint density at radius 2 is 1.62 bits per heavy atom. The van der Waals surface area contributed by atoms with Gasteiger partial charge in [-0.15, -0.1) is 0 Å². The van der Waals surface area contributed by atoms with Crippen molar-refractivity contribution in [2.75, 3.05) is 0 Å². The average molecular weight is 219 g/mol. The molecule has 1 aromatic rings. The van der Waals surface area contributed by atoms with Crippen molar-refractivity contribution in [3.8, 4) is 0 Å². The number of nitrogens with zero attached hydrogens (tertiary/aromatic N) is 2. The molecule has 1 aliphatic rings. The minimum absolute atomic E-state index is 0.695. The molecule has 1 aliphatic carbocycles. The standard InChI is InChI=1S/C13H21N3/c1-2-4-6-13(7-5-3-1)16-10-12-8-14-11-15-9-12/h8-9,11,13,16H,1-7,10H2. The minimum Gasteiger partial charge on any atom is -0.310 e. The van der Waals surface area contributed by atoms with Crippen LogP contribution in [0.5, 0.6) is 0 Å². The van der Waals surface area contributed by atoms with Crippen molar-refractivity contribution < 1.29 is 0 Å².